The maximum absolute atomic E-state index is 13.0. The molecule has 1 fully saturated rings. The monoisotopic (exact) mass is 308 g/mol. The smallest absolute Gasteiger partial charge is 0.303 e. The molecule has 8 nitrogen and oxygen atoms in total. The fourth-order valence-electron chi connectivity index (χ4n) is 2.00. The molecule has 9 heteroatoms. The highest BCUT2D eigenvalue weighted by Crippen LogP contribution is 2.28. The number of hydrogen-bond donors (Lipinski definition) is 1. The van der Waals surface area contributed by atoms with Gasteiger partial charge in [-0.3, -0.25) is 14.4 Å². The van der Waals surface area contributed by atoms with E-state index in [2.05, 4.69) is 0 Å². The van der Waals surface area contributed by atoms with E-state index in [0.717, 1.165) is 20.8 Å². The van der Waals surface area contributed by atoms with Crippen molar-refractivity contribution in [1.82, 2.24) is 0 Å². The highest BCUT2D eigenvalue weighted by atomic mass is 19.1. The first-order valence-corrected chi connectivity index (χ1v) is 6.17. The molecule has 1 rings (SSSR count). The summed E-state index contributed by atoms with van der Waals surface area (Å²) in [7, 11) is 0. The minimum atomic E-state index is -1.72. The van der Waals surface area contributed by atoms with E-state index in [9.17, 15) is 23.9 Å². The number of aliphatic hydroxyl groups excluding tert-OH is 1. The second-order valence-corrected chi connectivity index (χ2v) is 4.44. The van der Waals surface area contributed by atoms with Gasteiger partial charge in [-0.25, -0.2) is 4.39 Å². The Kier molecular flexibility index (Phi) is 6.03. The number of carbonyl (C=O) groups excluding carboxylic acids is 3. The van der Waals surface area contributed by atoms with Gasteiger partial charge in [0.1, 0.15) is 12.8 Å². The van der Waals surface area contributed by atoms with Gasteiger partial charge in [0, 0.05) is 20.8 Å². The summed E-state index contributed by atoms with van der Waals surface area (Å²) < 4.78 is 32.5. The Hall–Kier alpha value is -1.74. The zero-order valence-electron chi connectivity index (χ0n) is 11.8. The predicted molar refractivity (Wildman–Crippen MR) is 63.5 cm³/mol. The van der Waals surface area contributed by atoms with E-state index in [1.165, 1.54) is 0 Å². The van der Waals surface area contributed by atoms with Crippen molar-refractivity contribution in [1.29, 1.82) is 0 Å². The number of halogens is 1. The first-order valence-electron chi connectivity index (χ1n) is 6.17. The zero-order valence-corrected chi connectivity index (χ0v) is 11.8. The first kappa shape index (κ1) is 17.3. The van der Waals surface area contributed by atoms with Gasteiger partial charge >= 0.3 is 17.9 Å². The van der Waals surface area contributed by atoms with E-state index in [0.29, 0.717) is 0 Å². The summed E-state index contributed by atoms with van der Waals surface area (Å²) >= 11 is 0. The van der Waals surface area contributed by atoms with Crippen LogP contribution in [-0.4, -0.2) is 60.4 Å². The summed E-state index contributed by atoms with van der Waals surface area (Å²) in [5.74, 6) is -2.32. The Morgan fingerprint density at radius 1 is 0.952 bits per heavy atom. The van der Waals surface area contributed by atoms with Crippen LogP contribution < -0.4 is 0 Å². The average Bonchev–Trinajstić information content (AvgIpc) is 2.35. The van der Waals surface area contributed by atoms with Crippen LogP contribution in [0.1, 0.15) is 20.8 Å². The SMILES string of the molecule is CC(=O)O[C@@H]1[C@@H](OC(C)=O)[C@H](CF)O[C@H](O)[C@H]1OC(C)=O. The van der Waals surface area contributed by atoms with Gasteiger partial charge in [-0.1, -0.05) is 0 Å². The number of esters is 3. The maximum atomic E-state index is 13.0. The van der Waals surface area contributed by atoms with Crippen molar-refractivity contribution in [3.05, 3.63) is 0 Å². The Labute approximate surface area is 120 Å². The lowest BCUT2D eigenvalue weighted by molar-refractivity contribution is -0.292. The molecule has 0 amide bonds. The number of alkyl halides is 1. The van der Waals surface area contributed by atoms with Gasteiger partial charge in [0.2, 0.25) is 0 Å². The van der Waals surface area contributed by atoms with E-state index in [-0.39, 0.29) is 0 Å². The molecule has 1 N–H and O–H groups in total. The number of ether oxygens (including phenoxy) is 4. The van der Waals surface area contributed by atoms with E-state index in [1.54, 1.807) is 0 Å². The molecule has 1 saturated heterocycles. The Morgan fingerprint density at radius 2 is 1.38 bits per heavy atom. The number of hydrogen-bond acceptors (Lipinski definition) is 8. The highest BCUT2D eigenvalue weighted by molar-refractivity contribution is 5.68. The molecule has 21 heavy (non-hydrogen) atoms. The van der Waals surface area contributed by atoms with Crippen LogP contribution in [-0.2, 0) is 33.3 Å². The van der Waals surface area contributed by atoms with Gasteiger partial charge in [-0.05, 0) is 0 Å². The molecule has 1 heterocycles. The molecule has 0 saturated carbocycles. The topological polar surface area (TPSA) is 108 Å². The molecule has 0 radical (unpaired) electrons. The Morgan fingerprint density at radius 3 is 1.81 bits per heavy atom. The zero-order chi connectivity index (χ0) is 16.2. The lowest BCUT2D eigenvalue weighted by atomic mass is 9.98. The molecule has 0 unspecified atom stereocenters. The number of rotatable bonds is 4. The quantitative estimate of drug-likeness (QED) is 0.545. The van der Waals surface area contributed by atoms with Gasteiger partial charge in [-0.2, -0.15) is 0 Å². The normalized spacial score (nSPS) is 32.1. The third kappa shape index (κ3) is 4.64. The molecule has 1 aliphatic rings. The molecular formula is C12H17FO8. The largest absolute Gasteiger partial charge is 0.456 e. The molecule has 0 spiro atoms. The van der Waals surface area contributed by atoms with Gasteiger partial charge in [0.25, 0.3) is 0 Å². The predicted octanol–water partition coefficient (Wildman–Crippen LogP) is -0.532. The Bertz CT molecular complexity index is 412. The van der Waals surface area contributed by atoms with Gasteiger partial charge in [0.05, 0.1) is 0 Å². The minimum absolute atomic E-state index is 0.767. The van der Waals surface area contributed by atoms with E-state index in [1.807, 2.05) is 0 Å². The third-order valence-electron chi connectivity index (χ3n) is 2.67. The van der Waals surface area contributed by atoms with Crippen molar-refractivity contribution in [3.63, 3.8) is 0 Å². The van der Waals surface area contributed by atoms with Crippen LogP contribution in [0.4, 0.5) is 4.39 Å². The molecule has 5 atom stereocenters. The van der Waals surface area contributed by atoms with Gasteiger partial charge < -0.3 is 24.1 Å². The van der Waals surface area contributed by atoms with Crippen molar-refractivity contribution in [2.45, 2.75) is 51.5 Å². The molecule has 0 aromatic carbocycles. The average molecular weight is 308 g/mol. The molecule has 0 bridgehead atoms. The molecule has 0 aromatic heterocycles. The lowest BCUT2D eigenvalue weighted by Gasteiger charge is -2.42. The summed E-state index contributed by atoms with van der Waals surface area (Å²) in [4.78, 5) is 33.3. The van der Waals surface area contributed by atoms with E-state index < -0.39 is 55.3 Å². The molecule has 120 valence electrons. The van der Waals surface area contributed by atoms with Crippen LogP contribution in [0.3, 0.4) is 0 Å². The van der Waals surface area contributed by atoms with Gasteiger partial charge in [-0.15, -0.1) is 0 Å². The highest BCUT2D eigenvalue weighted by Gasteiger charge is 2.51. The van der Waals surface area contributed by atoms with Crippen molar-refractivity contribution in [2.75, 3.05) is 6.67 Å². The fourth-order valence-corrected chi connectivity index (χ4v) is 2.00. The van der Waals surface area contributed by atoms with Crippen LogP contribution in [0.2, 0.25) is 0 Å². The van der Waals surface area contributed by atoms with Crippen LogP contribution >= 0.6 is 0 Å². The first-order chi connectivity index (χ1) is 9.76. The standard InChI is InChI=1S/C12H17FO8/c1-5(14)18-9-8(4-13)21-12(17)11(20-7(3)16)10(9)19-6(2)15/h8-12,17H,4H2,1-3H3/t8-,9-,10+,11-,12-/m0/s1. The summed E-state index contributed by atoms with van der Waals surface area (Å²) in [6.45, 7) is 2.12. The molecular weight excluding hydrogens is 291 g/mol. The lowest BCUT2D eigenvalue weighted by Crippen LogP contribution is -2.61. The summed E-state index contributed by atoms with van der Waals surface area (Å²) in [6, 6.07) is 0. The minimum Gasteiger partial charge on any atom is -0.456 e. The van der Waals surface area contributed by atoms with Crippen LogP contribution in [0.5, 0.6) is 0 Å². The van der Waals surface area contributed by atoms with Crippen LogP contribution in [0.15, 0.2) is 0 Å². The van der Waals surface area contributed by atoms with Crippen molar-refractivity contribution < 1.29 is 42.8 Å². The summed E-state index contributed by atoms with van der Waals surface area (Å²) in [5.41, 5.74) is 0. The fraction of sp³-hybridized carbons (Fsp3) is 0.750. The molecule has 0 aromatic rings. The van der Waals surface area contributed by atoms with E-state index in [4.69, 9.17) is 18.9 Å². The van der Waals surface area contributed by atoms with Crippen molar-refractivity contribution >= 4 is 17.9 Å². The second-order valence-electron chi connectivity index (χ2n) is 4.44. The summed E-state index contributed by atoms with van der Waals surface area (Å²) in [5, 5.41) is 9.76. The maximum Gasteiger partial charge on any atom is 0.303 e. The number of aliphatic hydroxyl groups is 1. The Balaban J connectivity index is 3.08. The molecule has 0 aliphatic carbocycles. The van der Waals surface area contributed by atoms with Crippen molar-refractivity contribution in [3.8, 4) is 0 Å². The van der Waals surface area contributed by atoms with Crippen LogP contribution in [0, 0.1) is 0 Å². The van der Waals surface area contributed by atoms with Crippen molar-refractivity contribution in [2.24, 2.45) is 0 Å². The van der Waals surface area contributed by atoms with Crippen LogP contribution in [0.25, 0.3) is 0 Å². The summed E-state index contributed by atoms with van der Waals surface area (Å²) in [6.07, 6.45) is -7.21. The third-order valence-corrected chi connectivity index (χ3v) is 2.67. The van der Waals surface area contributed by atoms with Gasteiger partial charge in [0.15, 0.2) is 24.6 Å². The molecule has 1 aliphatic heterocycles. The van der Waals surface area contributed by atoms with E-state index >= 15 is 0 Å². The number of carbonyl (C=O) groups is 3. The second kappa shape index (κ2) is 7.32.